The molecule has 0 amide bonds. The normalized spacial score (nSPS) is 13.4. The van der Waals surface area contributed by atoms with Crippen LogP contribution in [0.5, 0.6) is 0 Å². The van der Waals surface area contributed by atoms with Gasteiger partial charge in [0.05, 0.1) is 23.0 Å². The van der Waals surface area contributed by atoms with Crippen LogP contribution in [0.2, 0.25) is 5.02 Å². The summed E-state index contributed by atoms with van der Waals surface area (Å²) in [5.74, 6) is 2.92. The number of nitrogens with zero attached hydrogens (tertiary/aromatic N) is 2. The molecule has 1 aromatic heterocycles. The third kappa shape index (κ3) is 3.68. The molecule has 1 N–H and O–H groups in total. The molecule has 0 aliphatic heterocycles. The molecule has 3 nitrogen and oxygen atoms in total. The lowest BCUT2D eigenvalue weighted by atomic mass is 10.2. The van der Waals surface area contributed by atoms with E-state index in [9.17, 15) is 0 Å². The zero-order valence-electron chi connectivity index (χ0n) is 10.3. The summed E-state index contributed by atoms with van der Waals surface area (Å²) in [5, 5.41) is 8.20. The molecule has 0 spiro atoms. The largest absolute Gasteiger partial charge is 0.311 e. The first-order chi connectivity index (χ1) is 7.56. The van der Waals surface area contributed by atoms with Gasteiger partial charge in [-0.25, -0.2) is 0 Å². The lowest BCUT2D eigenvalue weighted by Crippen LogP contribution is -2.22. The van der Waals surface area contributed by atoms with Crippen molar-refractivity contribution in [3.63, 3.8) is 0 Å². The monoisotopic (exact) mass is 261 g/mol. The second kappa shape index (κ2) is 6.52. The van der Waals surface area contributed by atoms with Crippen molar-refractivity contribution in [2.75, 3.05) is 18.6 Å². The average Bonchev–Trinajstić information content (AvgIpc) is 2.54. The molecule has 1 unspecified atom stereocenters. The second-order valence-electron chi connectivity index (χ2n) is 4.27. The molecule has 1 atom stereocenters. The van der Waals surface area contributed by atoms with Crippen LogP contribution < -0.4 is 5.32 Å². The van der Waals surface area contributed by atoms with Gasteiger partial charge in [0, 0.05) is 12.8 Å². The predicted molar refractivity (Wildman–Crippen MR) is 72.2 cm³/mol. The fourth-order valence-corrected chi connectivity index (χ4v) is 3.00. The molecular formula is C11H20ClN3S. The van der Waals surface area contributed by atoms with Crippen LogP contribution in [-0.4, -0.2) is 28.3 Å². The van der Waals surface area contributed by atoms with Crippen molar-refractivity contribution < 1.29 is 0 Å². The summed E-state index contributed by atoms with van der Waals surface area (Å²) in [6.07, 6.45) is 1.70. The van der Waals surface area contributed by atoms with E-state index in [1.165, 1.54) is 5.75 Å². The fourth-order valence-electron chi connectivity index (χ4n) is 1.53. The maximum Gasteiger partial charge on any atom is 0.0834 e. The zero-order chi connectivity index (χ0) is 12.1. The topological polar surface area (TPSA) is 29.9 Å². The van der Waals surface area contributed by atoms with Crippen LogP contribution >= 0.6 is 23.4 Å². The van der Waals surface area contributed by atoms with E-state index in [2.05, 4.69) is 24.3 Å². The standard InChI is InChI=1S/C11H20ClN3S/c1-8(2)6-16-7-10(13-3)11-9(12)5-14-15(11)4/h5,8,10,13H,6-7H2,1-4H3. The fraction of sp³-hybridized carbons (Fsp3) is 0.727. The first-order valence-electron chi connectivity index (χ1n) is 5.48. The first-order valence-corrected chi connectivity index (χ1v) is 7.02. The van der Waals surface area contributed by atoms with Crippen molar-refractivity contribution in [3.8, 4) is 0 Å². The Labute approximate surface area is 107 Å². The van der Waals surface area contributed by atoms with E-state index in [1.807, 2.05) is 30.5 Å². The minimum atomic E-state index is 0.267. The average molecular weight is 262 g/mol. The lowest BCUT2D eigenvalue weighted by Gasteiger charge is -2.17. The van der Waals surface area contributed by atoms with Crippen LogP contribution in [0.1, 0.15) is 25.6 Å². The van der Waals surface area contributed by atoms with E-state index in [4.69, 9.17) is 11.6 Å². The summed E-state index contributed by atoms with van der Waals surface area (Å²) < 4.78 is 1.85. The molecule has 16 heavy (non-hydrogen) atoms. The van der Waals surface area contributed by atoms with E-state index in [0.29, 0.717) is 0 Å². The minimum absolute atomic E-state index is 0.267. The van der Waals surface area contributed by atoms with Gasteiger partial charge in [0.2, 0.25) is 0 Å². The van der Waals surface area contributed by atoms with Crippen LogP contribution in [0.4, 0.5) is 0 Å². The molecule has 1 rings (SSSR count). The van der Waals surface area contributed by atoms with Gasteiger partial charge in [-0.2, -0.15) is 16.9 Å². The number of halogens is 1. The molecular weight excluding hydrogens is 242 g/mol. The van der Waals surface area contributed by atoms with Gasteiger partial charge in [-0.15, -0.1) is 0 Å². The Bertz CT molecular complexity index is 306. The summed E-state index contributed by atoms with van der Waals surface area (Å²) in [6, 6.07) is 0.267. The summed E-state index contributed by atoms with van der Waals surface area (Å²) >= 11 is 8.07. The van der Waals surface area contributed by atoms with Gasteiger partial charge in [0.1, 0.15) is 0 Å². The zero-order valence-corrected chi connectivity index (χ0v) is 11.9. The van der Waals surface area contributed by atoms with Crippen molar-refractivity contribution in [3.05, 3.63) is 16.9 Å². The maximum atomic E-state index is 6.13. The van der Waals surface area contributed by atoms with Crippen molar-refractivity contribution in [2.24, 2.45) is 13.0 Å². The van der Waals surface area contributed by atoms with Gasteiger partial charge >= 0.3 is 0 Å². The highest BCUT2D eigenvalue weighted by Gasteiger charge is 2.17. The highest BCUT2D eigenvalue weighted by Crippen LogP contribution is 2.25. The van der Waals surface area contributed by atoms with Crippen LogP contribution in [0, 0.1) is 5.92 Å². The molecule has 92 valence electrons. The van der Waals surface area contributed by atoms with Gasteiger partial charge in [0.25, 0.3) is 0 Å². The molecule has 0 aromatic carbocycles. The summed E-state index contributed by atoms with van der Waals surface area (Å²) in [5.41, 5.74) is 1.07. The Kier molecular flexibility index (Phi) is 5.66. The number of hydrogen-bond acceptors (Lipinski definition) is 3. The van der Waals surface area contributed by atoms with Crippen LogP contribution in [0.3, 0.4) is 0 Å². The van der Waals surface area contributed by atoms with Gasteiger partial charge < -0.3 is 5.32 Å². The van der Waals surface area contributed by atoms with E-state index in [1.54, 1.807) is 6.20 Å². The third-order valence-electron chi connectivity index (χ3n) is 2.35. The van der Waals surface area contributed by atoms with Crippen molar-refractivity contribution >= 4 is 23.4 Å². The van der Waals surface area contributed by atoms with E-state index >= 15 is 0 Å². The van der Waals surface area contributed by atoms with E-state index in [-0.39, 0.29) is 6.04 Å². The number of thioether (sulfide) groups is 1. The number of rotatable bonds is 6. The smallest absolute Gasteiger partial charge is 0.0834 e. The van der Waals surface area contributed by atoms with Crippen LogP contribution in [0.25, 0.3) is 0 Å². The SMILES string of the molecule is CNC(CSCC(C)C)c1c(Cl)cnn1C. The third-order valence-corrected chi connectivity index (χ3v) is 4.11. The van der Waals surface area contributed by atoms with Crippen molar-refractivity contribution in [2.45, 2.75) is 19.9 Å². The summed E-state index contributed by atoms with van der Waals surface area (Å²) in [6.45, 7) is 4.47. The highest BCUT2D eigenvalue weighted by atomic mass is 35.5. The molecule has 0 fully saturated rings. The molecule has 0 aliphatic rings. The molecule has 0 radical (unpaired) electrons. The molecule has 0 saturated heterocycles. The maximum absolute atomic E-state index is 6.13. The van der Waals surface area contributed by atoms with Crippen molar-refractivity contribution in [1.29, 1.82) is 0 Å². The Morgan fingerprint density at radius 1 is 1.50 bits per heavy atom. The molecule has 0 bridgehead atoms. The molecule has 1 heterocycles. The molecule has 0 aliphatic carbocycles. The Balaban J connectivity index is 2.61. The summed E-state index contributed by atoms with van der Waals surface area (Å²) in [4.78, 5) is 0. The van der Waals surface area contributed by atoms with Gasteiger partial charge in [-0.1, -0.05) is 25.4 Å². The first kappa shape index (κ1) is 13.9. The van der Waals surface area contributed by atoms with E-state index in [0.717, 1.165) is 22.4 Å². The number of hydrogen-bond donors (Lipinski definition) is 1. The predicted octanol–water partition coefficient (Wildman–Crippen LogP) is 2.72. The quantitative estimate of drug-likeness (QED) is 0.854. The van der Waals surface area contributed by atoms with E-state index < -0.39 is 0 Å². The second-order valence-corrected chi connectivity index (χ2v) is 5.76. The number of aryl methyl sites for hydroxylation is 1. The molecule has 1 aromatic rings. The minimum Gasteiger partial charge on any atom is -0.311 e. The van der Waals surface area contributed by atoms with Crippen molar-refractivity contribution in [1.82, 2.24) is 15.1 Å². The Morgan fingerprint density at radius 2 is 2.19 bits per heavy atom. The number of aromatic nitrogens is 2. The molecule has 5 heteroatoms. The lowest BCUT2D eigenvalue weighted by molar-refractivity contribution is 0.585. The Hall–Kier alpha value is -0.190. The van der Waals surface area contributed by atoms with Gasteiger partial charge in [-0.3, -0.25) is 4.68 Å². The highest BCUT2D eigenvalue weighted by molar-refractivity contribution is 7.99. The Morgan fingerprint density at radius 3 is 2.62 bits per heavy atom. The van der Waals surface area contributed by atoms with Gasteiger partial charge in [-0.05, 0) is 18.7 Å². The summed E-state index contributed by atoms with van der Waals surface area (Å²) in [7, 11) is 3.89. The van der Waals surface area contributed by atoms with Gasteiger partial charge in [0.15, 0.2) is 0 Å². The molecule has 0 saturated carbocycles. The van der Waals surface area contributed by atoms with Crippen LogP contribution in [-0.2, 0) is 7.05 Å². The van der Waals surface area contributed by atoms with Crippen LogP contribution in [0.15, 0.2) is 6.20 Å². The number of nitrogens with one attached hydrogen (secondary N) is 1.